The SMILES string of the molecule is CCOC(=O)[C@@H](C)/C=C/[C@@H](O)COCc1ccccc1. The summed E-state index contributed by atoms with van der Waals surface area (Å²) < 4.78 is 10.3. The van der Waals surface area contributed by atoms with E-state index < -0.39 is 6.10 Å². The van der Waals surface area contributed by atoms with Gasteiger partial charge < -0.3 is 14.6 Å². The van der Waals surface area contributed by atoms with Crippen molar-refractivity contribution in [2.75, 3.05) is 13.2 Å². The van der Waals surface area contributed by atoms with Crippen molar-refractivity contribution in [3.05, 3.63) is 48.0 Å². The van der Waals surface area contributed by atoms with Gasteiger partial charge in [0.25, 0.3) is 0 Å². The maximum absolute atomic E-state index is 11.4. The minimum absolute atomic E-state index is 0.195. The Bertz CT molecular complexity index is 414. The van der Waals surface area contributed by atoms with Crippen LogP contribution < -0.4 is 0 Å². The first kappa shape index (κ1) is 16.4. The van der Waals surface area contributed by atoms with Crippen LogP contribution in [0.4, 0.5) is 0 Å². The molecule has 1 aromatic rings. The maximum Gasteiger partial charge on any atom is 0.312 e. The molecule has 4 heteroatoms. The second-order valence-corrected chi connectivity index (χ2v) is 4.49. The molecule has 0 saturated heterocycles. The normalized spacial score (nSPS) is 14.2. The predicted molar refractivity (Wildman–Crippen MR) is 77.0 cm³/mol. The van der Waals surface area contributed by atoms with E-state index in [-0.39, 0.29) is 18.5 Å². The Morgan fingerprint density at radius 1 is 1.30 bits per heavy atom. The monoisotopic (exact) mass is 278 g/mol. The molecule has 0 unspecified atom stereocenters. The first-order valence-corrected chi connectivity index (χ1v) is 6.78. The number of carbonyl (C=O) groups is 1. The average Bonchev–Trinajstić information content (AvgIpc) is 2.46. The number of esters is 1. The third kappa shape index (κ3) is 6.50. The second-order valence-electron chi connectivity index (χ2n) is 4.49. The van der Waals surface area contributed by atoms with Gasteiger partial charge in [-0.2, -0.15) is 0 Å². The van der Waals surface area contributed by atoms with E-state index >= 15 is 0 Å². The number of rotatable bonds is 8. The number of aliphatic hydroxyl groups is 1. The first-order valence-electron chi connectivity index (χ1n) is 6.78. The third-order valence-corrected chi connectivity index (χ3v) is 2.68. The zero-order chi connectivity index (χ0) is 14.8. The van der Waals surface area contributed by atoms with E-state index in [9.17, 15) is 9.90 Å². The van der Waals surface area contributed by atoms with Gasteiger partial charge in [0.05, 0.1) is 31.8 Å². The van der Waals surface area contributed by atoms with E-state index in [2.05, 4.69) is 0 Å². The van der Waals surface area contributed by atoms with Gasteiger partial charge in [-0.3, -0.25) is 4.79 Å². The summed E-state index contributed by atoms with van der Waals surface area (Å²) >= 11 is 0. The van der Waals surface area contributed by atoms with E-state index in [0.717, 1.165) is 5.56 Å². The minimum Gasteiger partial charge on any atom is -0.466 e. The summed E-state index contributed by atoms with van der Waals surface area (Å²) in [7, 11) is 0. The van der Waals surface area contributed by atoms with Crippen LogP contribution in [0.5, 0.6) is 0 Å². The fourth-order valence-electron chi connectivity index (χ4n) is 1.57. The van der Waals surface area contributed by atoms with Gasteiger partial charge in [-0.05, 0) is 19.4 Å². The second kappa shape index (κ2) is 9.28. The Hall–Kier alpha value is -1.65. The van der Waals surface area contributed by atoms with E-state index in [4.69, 9.17) is 9.47 Å². The molecule has 0 spiro atoms. The molecule has 0 aliphatic heterocycles. The average molecular weight is 278 g/mol. The van der Waals surface area contributed by atoms with Crippen LogP contribution in [0.25, 0.3) is 0 Å². The van der Waals surface area contributed by atoms with E-state index in [0.29, 0.717) is 13.2 Å². The molecule has 0 aliphatic rings. The predicted octanol–water partition coefficient (Wildman–Crippen LogP) is 2.32. The van der Waals surface area contributed by atoms with Crippen molar-refractivity contribution in [3.63, 3.8) is 0 Å². The van der Waals surface area contributed by atoms with Crippen LogP contribution in [0, 0.1) is 5.92 Å². The Kier molecular flexibility index (Phi) is 7.62. The van der Waals surface area contributed by atoms with Crippen LogP contribution in [0.1, 0.15) is 19.4 Å². The summed E-state index contributed by atoms with van der Waals surface area (Å²) in [5.74, 6) is -0.653. The van der Waals surface area contributed by atoms with Gasteiger partial charge in [0.15, 0.2) is 0 Å². The number of benzene rings is 1. The lowest BCUT2D eigenvalue weighted by Crippen LogP contribution is -2.15. The van der Waals surface area contributed by atoms with Crippen molar-refractivity contribution in [1.82, 2.24) is 0 Å². The highest BCUT2D eigenvalue weighted by molar-refractivity contribution is 5.73. The van der Waals surface area contributed by atoms with Crippen LogP contribution >= 0.6 is 0 Å². The van der Waals surface area contributed by atoms with E-state index in [1.54, 1.807) is 26.0 Å². The maximum atomic E-state index is 11.4. The highest BCUT2D eigenvalue weighted by atomic mass is 16.5. The van der Waals surface area contributed by atoms with Gasteiger partial charge in [0, 0.05) is 0 Å². The van der Waals surface area contributed by atoms with Gasteiger partial charge in [0.1, 0.15) is 0 Å². The molecule has 0 radical (unpaired) electrons. The first-order chi connectivity index (χ1) is 9.63. The molecular formula is C16H22O4. The highest BCUT2D eigenvalue weighted by Gasteiger charge is 2.10. The Morgan fingerprint density at radius 2 is 2.00 bits per heavy atom. The van der Waals surface area contributed by atoms with Gasteiger partial charge >= 0.3 is 5.97 Å². The van der Waals surface area contributed by atoms with Crippen LogP contribution in [0.15, 0.2) is 42.5 Å². The van der Waals surface area contributed by atoms with Crippen molar-refractivity contribution >= 4 is 5.97 Å². The van der Waals surface area contributed by atoms with E-state index in [1.807, 2.05) is 30.3 Å². The quantitative estimate of drug-likeness (QED) is 0.585. The summed E-state index contributed by atoms with van der Waals surface area (Å²) in [6, 6.07) is 9.75. The molecule has 0 aromatic heterocycles. The Labute approximate surface area is 120 Å². The summed E-state index contributed by atoms with van der Waals surface area (Å²) in [6.45, 7) is 4.51. The Balaban J connectivity index is 2.26. The number of carbonyl (C=O) groups excluding carboxylic acids is 1. The standard InChI is InChI=1S/C16H22O4/c1-3-20-16(18)13(2)9-10-15(17)12-19-11-14-7-5-4-6-8-14/h4-10,13,15,17H,3,11-12H2,1-2H3/b10-9+/t13-,15+/m0/s1. The van der Waals surface area contributed by atoms with Gasteiger partial charge in [-0.25, -0.2) is 0 Å². The molecule has 1 rings (SSSR count). The molecule has 2 atom stereocenters. The molecule has 1 N–H and O–H groups in total. The zero-order valence-corrected chi connectivity index (χ0v) is 12.0. The van der Waals surface area contributed by atoms with Crippen LogP contribution in [0.3, 0.4) is 0 Å². The van der Waals surface area contributed by atoms with Gasteiger partial charge in [-0.1, -0.05) is 42.5 Å². The summed E-state index contributed by atoms with van der Waals surface area (Å²) in [5, 5.41) is 9.72. The van der Waals surface area contributed by atoms with Crippen molar-refractivity contribution in [3.8, 4) is 0 Å². The lowest BCUT2D eigenvalue weighted by molar-refractivity contribution is -0.145. The van der Waals surface area contributed by atoms with Crippen LogP contribution in [-0.2, 0) is 20.9 Å². The van der Waals surface area contributed by atoms with Crippen LogP contribution in [0.2, 0.25) is 0 Å². The molecular weight excluding hydrogens is 256 g/mol. The molecule has 0 heterocycles. The fraction of sp³-hybridized carbons (Fsp3) is 0.438. The molecule has 0 amide bonds. The number of hydrogen-bond acceptors (Lipinski definition) is 4. The largest absolute Gasteiger partial charge is 0.466 e. The molecule has 0 saturated carbocycles. The molecule has 4 nitrogen and oxygen atoms in total. The lowest BCUT2D eigenvalue weighted by atomic mass is 10.1. The molecule has 0 bridgehead atoms. The van der Waals surface area contributed by atoms with Crippen molar-refractivity contribution in [1.29, 1.82) is 0 Å². The molecule has 20 heavy (non-hydrogen) atoms. The van der Waals surface area contributed by atoms with Crippen molar-refractivity contribution in [2.45, 2.75) is 26.6 Å². The summed E-state index contributed by atoms with van der Waals surface area (Å²) in [6.07, 6.45) is 2.47. The van der Waals surface area contributed by atoms with Crippen LogP contribution in [-0.4, -0.2) is 30.4 Å². The summed E-state index contributed by atoms with van der Waals surface area (Å²) in [4.78, 5) is 11.4. The Morgan fingerprint density at radius 3 is 2.65 bits per heavy atom. The van der Waals surface area contributed by atoms with Crippen molar-refractivity contribution < 1.29 is 19.4 Å². The topological polar surface area (TPSA) is 55.8 Å². The molecule has 0 aliphatic carbocycles. The molecule has 110 valence electrons. The van der Waals surface area contributed by atoms with Gasteiger partial charge in [-0.15, -0.1) is 0 Å². The van der Waals surface area contributed by atoms with Gasteiger partial charge in [0.2, 0.25) is 0 Å². The zero-order valence-electron chi connectivity index (χ0n) is 12.0. The van der Waals surface area contributed by atoms with Crippen molar-refractivity contribution in [2.24, 2.45) is 5.92 Å². The number of ether oxygens (including phenoxy) is 2. The lowest BCUT2D eigenvalue weighted by Gasteiger charge is -2.09. The molecule has 1 aromatic carbocycles. The number of aliphatic hydroxyl groups excluding tert-OH is 1. The highest BCUT2D eigenvalue weighted by Crippen LogP contribution is 2.04. The smallest absolute Gasteiger partial charge is 0.312 e. The molecule has 0 fully saturated rings. The summed E-state index contributed by atoms with van der Waals surface area (Å²) in [5.41, 5.74) is 1.06. The van der Waals surface area contributed by atoms with E-state index in [1.165, 1.54) is 0 Å². The minimum atomic E-state index is -0.726. The third-order valence-electron chi connectivity index (χ3n) is 2.68. The number of hydrogen-bond donors (Lipinski definition) is 1. The fourth-order valence-corrected chi connectivity index (χ4v) is 1.57.